The van der Waals surface area contributed by atoms with Gasteiger partial charge in [-0.3, -0.25) is 9.59 Å². The van der Waals surface area contributed by atoms with E-state index in [-0.39, 0.29) is 37.3 Å². The summed E-state index contributed by atoms with van der Waals surface area (Å²) in [5.41, 5.74) is -2.19. The molecule has 1 amide bonds. The van der Waals surface area contributed by atoms with Gasteiger partial charge in [-0.2, -0.15) is 0 Å². The van der Waals surface area contributed by atoms with Crippen LogP contribution in [0.15, 0.2) is 28.7 Å². The predicted molar refractivity (Wildman–Crippen MR) is 202 cm³/mol. The molecular weight excluding hydrogens is 752 g/mol. The first-order chi connectivity index (χ1) is 24.7. The summed E-state index contributed by atoms with van der Waals surface area (Å²) < 4.78 is 38.0. The number of rotatable bonds is 9. The summed E-state index contributed by atoms with van der Waals surface area (Å²) in [6.45, 7) is 14.0. The third-order valence-electron chi connectivity index (χ3n) is 11.3. The van der Waals surface area contributed by atoms with Crippen molar-refractivity contribution in [1.29, 1.82) is 0 Å². The van der Waals surface area contributed by atoms with Crippen molar-refractivity contribution in [2.24, 2.45) is 23.7 Å². The molecule has 2 saturated heterocycles. The normalized spacial score (nSPS) is 39.2. The van der Waals surface area contributed by atoms with Crippen LogP contribution >= 0.6 is 15.9 Å². The van der Waals surface area contributed by atoms with E-state index in [2.05, 4.69) is 21.2 Å². The van der Waals surface area contributed by atoms with E-state index in [1.165, 1.54) is 21.1 Å². The van der Waals surface area contributed by atoms with Gasteiger partial charge in [0.15, 0.2) is 6.29 Å². The van der Waals surface area contributed by atoms with E-state index in [9.17, 15) is 24.6 Å². The number of hydrogen-bond donors (Lipinski definition) is 3. The highest BCUT2D eigenvalue weighted by atomic mass is 79.9. The number of alkyl carbamates (subject to hydrolysis) is 1. The van der Waals surface area contributed by atoms with Crippen LogP contribution in [-0.4, -0.2) is 121 Å². The first-order valence-corrected chi connectivity index (χ1v) is 19.4. The lowest BCUT2D eigenvalue weighted by atomic mass is 9.73. The minimum Gasteiger partial charge on any atom is -0.459 e. The molecule has 0 bridgehead atoms. The number of nitrogens with one attached hydrogen (secondary N) is 1. The van der Waals surface area contributed by atoms with Gasteiger partial charge in [0.05, 0.1) is 29.8 Å². The maximum absolute atomic E-state index is 14.1. The maximum atomic E-state index is 14.1. The van der Waals surface area contributed by atoms with Crippen molar-refractivity contribution < 1.29 is 53.0 Å². The second-order valence-electron chi connectivity index (χ2n) is 15.7. The monoisotopic (exact) mass is 814 g/mol. The first-order valence-electron chi connectivity index (χ1n) is 18.6. The molecule has 3 rings (SSSR count). The van der Waals surface area contributed by atoms with Crippen LogP contribution in [0.1, 0.15) is 80.2 Å². The van der Waals surface area contributed by atoms with E-state index in [4.69, 9.17) is 28.4 Å². The van der Waals surface area contributed by atoms with Crippen molar-refractivity contribution >= 4 is 33.8 Å². The Morgan fingerprint density at radius 2 is 1.66 bits per heavy atom. The highest BCUT2D eigenvalue weighted by molar-refractivity contribution is 9.10. The summed E-state index contributed by atoms with van der Waals surface area (Å²) in [7, 11) is 6.66. The van der Waals surface area contributed by atoms with E-state index in [1.807, 2.05) is 50.2 Å². The standard InChI is InChI=1S/C39H63BrN2O11/c1-13-29-39(8,47)34(48-11)23(4)30(43)21(2)19-38(7,49-12)33(53-36-31(44)28(42(9)10)18-22(3)50-36)24(5)32(25(6)35(45)51-29)52-37(46)41-20-26-14-16-27(40)17-15-26/h14-17,21-25,28-29,31-34,36,44,47H,13,18-20H2,1-12H3,(H,41,46)/t21-,22-,23-,24+,25-,28+,29-,31-,32+,33-,34-,36+,38-,39-/m1/s1. The summed E-state index contributed by atoms with van der Waals surface area (Å²) in [6.07, 6.45) is -6.60. The Kier molecular flexibility index (Phi) is 16.3. The van der Waals surface area contributed by atoms with Gasteiger partial charge in [0.25, 0.3) is 0 Å². The third kappa shape index (κ3) is 10.8. The second kappa shape index (κ2) is 19.1. The lowest BCUT2D eigenvalue weighted by Gasteiger charge is -2.48. The smallest absolute Gasteiger partial charge is 0.407 e. The topological polar surface area (TPSA) is 162 Å². The van der Waals surface area contributed by atoms with Crippen LogP contribution in [-0.2, 0) is 44.6 Å². The SMILES string of the molecule is CC[C@H]1OC(=O)[C@H](C)[C@@H](OC(=O)NCc2ccc(Br)cc2)[C@H](C)[C@@H](O[C@@H]2O[C@H](C)C[C@H](N(C)C)[C@H]2O)[C@](C)(OC)C[C@@H](C)C(=O)[C@@H](C)[C@@H](OC)[C@]1(C)O. The largest absolute Gasteiger partial charge is 0.459 e. The van der Waals surface area contributed by atoms with Gasteiger partial charge < -0.3 is 48.9 Å². The Morgan fingerprint density at radius 1 is 1.04 bits per heavy atom. The van der Waals surface area contributed by atoms with Crippen molar-refractivity contribution in [3.8, 4) is 0 Å². The third-order valence-corrected chi connectivity index (χ3v) is 11.8. The highest BCUT2D eigenvalue weighted by Gasteiger charge is 2.53. The number of likely N-dealkylation sites (N-methyl/N-ethyl adjacent to an activating group) is 1. The number of nitrogens with zero attached hydrogens (tertiary/aromatic N) is 1. The number of halogens is 1. The molecule has 302 valence electrons. The van der Waals surface area contributed by atoms with Crippen LogP contribution in [0.4, 0.5) is 4.79 Å². The Morgan fingerprint density at radius 3 is 2.21 bits per heavy atom. The number of carbonyl (C=O) groups excluding carboxylic acids is 3. The number of esters is 1. The van der Waals surface area contributed by atoms with Gasteiger partial charge in [0.2, 0.25) is 0 Å². The summed E-state index contributed by atoms with van der Waals surface area (Å²) in [5.74, 6) is -4.25. The molecule has 14 atom stereocenters. The lowest BCUT2D eigenvalue weighted by Crippen LogP contribution is -2.61. The minimum absolute atomic E-state index is 0.133. The molecule has 1 aromatic carbocycles. The van der Waals surface area contributed by atoms with Crippen LogP contribution in [0, 0.1) is 23.7 Å². The average Bonchev–Trinajstić information content (AvgIpc) is 3.10. The Labute approximate surface area is 323 Å². The number of benzene rings is 1. The van der Waals surface area contributed by atoms with Gasteiger partial charge >= 0.3 is 12.1 Å². The van der Waals surface area contributed by atoms with Gasteiger partial charge in [0.1, 0.15) is 29.7 Å². The van der Waals surface area contributed by atoms with Crippen LogP contribution in [0.2, 0.25) is 0 Å². The molecule has 13 nitrogen and oxygen atoms in total. The minimum atomic E-state index is -1.76. The Balaban J connectivity index is 2.16. The number of ether oxygens (including phenoxy) is 6. The molecule has 1 aromatic rings. The molecule has 53 heavy (non-hydrogen) atoms. The highest BCUT2D eigenvalue weighted by Crippen LogP contribution is 2.40. The van der Waals surface area contributed by atoms with Crippen molar-refractivity contribution in [2.75, 3.05) is 28.3 Å². The Hall–Kier alpha value is -2.17. The number of hydrogen-bond acceptors (Lipinski definition) is 12. The van der Waals surface area contributed by atoms with Crippen molar-refractivity contribution in [2.45, 2.75) is 141 Å². The molecule has 2 aliphatic rings. The number of Topliss-reactive ketones (excluding diaryl/α,β-unsaturated/α-hetero) is 1. The maximum Gasteiger partial charge on any atom is 0.407 e. The van der Waals surface area contributed by atoms with Gasteiger partial charge in [-0.05, 0) is 78.7 Å². The van der Waals surface area contributed by atoms with Gasteiger partial charge in [-0.25, -0.2) is 4.79 Å². The number of amides is 1. The summed E-state index contributed by atoms with van der Waals surface area (Å²) in [5, 5.41) is 26.2. The zero-order valence-electron chi connectivity index (χ0n) is 33.5. The van der Waals surface area contributed by atoms with E-state index in [0.29, 0.717) is 6.42 Å². The number of ketones is 1. The van der Waals surface area contributed by atoms with E-state index in [0.717, 1.165) is 10.0 Å². The summed E-state index contributed by atoms with van der Waals surface area (Å²) in [6, 6.07) is 7.14. The van der Waals surface area contributed by atoms with E-state index < -0.39 is 83.7 Å². The molecule has 0 saturated carbocycles. The van der Waals surface area contributed by atoms with Crippen LogP contribution in [0.3, 0.4) is 0 Å². The van der Waals surface area contributed by atoms with E-state index in [1.54, 1.807) is 41.5 Å². The molecule has 2 aliphatic heterocycles. The molecule has 0 aromatic heterocycles. The molecular formula is C39H63BrN2O11. The molecule has 3 N–H and O–H groups in total. The van der Waals surface area contributed by atoms with Crippen molar-refractivity contribution in [3.05, 3.63) is 34.3 Å². The second-order valence-corrected chi connectivity index (χ2v) is 16.6. The zero-order valence-corrected chi connectivity index (χ0v) is 35.0. The fraction of sp³-hybridized carbons (Fsp3) is 0.769. The van der Waals surface area contributed by atoms with Crippen LogP contribution in [0.5, 0.6) is 0 Å². The Bertz CT molecular complexity index is 1360. The van der Waals surface area contributed by atoms with Crippen LogP contribution < -0.4 is 5.32 Å². The lowest BCUT2D eigenvalue weighted by molar-refractivity contribution is -0.301. The number of aliphatic hydroxyl groups is 2. The quantitative estimate of drug-likeness (QED) is 0.291. The molecule has 0 spiro atoms. The number of methoxy groups -OCH3 is 2. The molecule has 2 heterocycles. The molecule has 14 heteroatoms. The van der Waals surface area contributed by atoms with Crippen molar-refractivity contribution in [1.82, 2.24) is 10.2 Å². The average molecular weight is 816 g/mol. The predicted octanol–water partition coefficient (Wildman–Crippen LogP) is 4.87. The molecule has 0 aliphatic carbocycles. The summed E-state index contributed by atoms with van der Waals surface area (Å²) in [4.78, 5) is 43.8. The number of carbonyl (C=O) groups is 3. The summed E-state index contributed by atoms with van der Waals surface area (Å²) >= 11 is 3.42. The molecule has 0 radical (unpaired) electrons. The zero-order chi connectivity index (χ0) is 40.0. The fourth-order valence-corrected chi connectivity index (χ4v) is 8.42. The first kappa shape index (κ1) is 45.2. The van der Waals surface area contributed by atoms with Gasteiger partial charge in [-0.15, -0.1) is 0 Å². The molecule has 0 unspecified atom stereocenters. The number of aliphatic hydroxyl groups excluding tert-OH is 1. The number of cyclic esters (lactones) is 1. The van der Waals surface area contributed by atoms with Crippen molar-refractivity contribution in [3.63, 3.8) is 0 Å². The van der Waals surface area contributed by atoms with Crippen LogP contribution in [0.25, 0.3) is 0 Å². The van der Waals surface area contributed by atoms with E-state index >= 15 is 0 Å². The van der Waals surface area contributed by atoms with Gasteiger partial charge in [-0.1, -0.05) is 55.8 Å². The molecule has 2 fully saturated rings. The van der Waals surface area contributed by atoms with Gasteiger partial charge in [0, 0.05) is 49.0 Å². The fourth-order valence-electron chi connectivity index (χ4n) is 8.15.